The monoisotopic (exact) mass is 474 g/mol. The first-order valence-corrected chi connectivity index (χ1v) is 9.78. The Morgan fingerprint density at radius 1 is 0.676 bits per heavy atom. The van der Waals surface area contributed by atoms with Gasteiger partial charge in [-0.2, -0.15) is 35.8 Å². The van der Waals surface area contributed by atoms with Crippen molar-refractivity contribution in [3.63, 3.8) is 0 Å². The summed E-state index contributed by atoms with van der Waals surface area (Å²) in [4.78, 5) is 21.5. The Labute approximate surface area is 186 Å². The van der Waals surface area contributed by atoms with Crippen molar-refractivity contribution in [3.8, 4) is 22.5 Å². The summed E-state index contributed by atoms with van der Waals surface area (Å²) < 4.78 is 77.9. The van der Waals surface area contributed by atoms with Crippen LogP contribution in [0.3, 0.4) is 0 Å². The van der Waals surface area contributed by atoms with Gasteiger partial charge in [-0.15, -0.1) is 0 Å². The fourth-order valence-corrected chi connectivity index (χ4v) is 3.56. The summed E-state index contributed by atoms with van der Waals surface area (Å²) in [7, 11) is 0. The maximum Gasteiger partial charge on any atom is 0.416 e. The van der Waals surface area contributed by atoms with E-state index in [-0.39, 0.29) is 22.5 Å². The van der Waals surface area contributed by atoms with Crippen molar-refractivity contribution in [3.05, 3.63) is 88.2 Å². The highest BCUT2D eigenvalue weighted by atomic mass is 19.4. The molecule has 5 rings (SSSR count). The van der Waals surface area contributed by atoms with Crippen molar-refractivity contribution < 1.29 is 26.3 Å². The van der Waals surface area contributed by atoms with Crippen LogP contribution in [0.4, 0.5) is 26.3 Å². The van der Waals surface area contributed by atoms with Gasteiger partial charge >= 0.3 is 12.4 Å². The predicted octanol–water partition coefficient (Wildman–Crippen LogP) is 5.94. The second-order valence-corrected chi connectivity index (χ2v) is 7.51. The fourth-order valence-electron chi connectivity index (χ4n) is 3.56. The molecule has 0 saturated carbocycles. The lowest BCUT2D eigenvalue weighted by Crippen LogP contribution is -2.15. The molecule has 2 aromatic heterocycles. The summed E-state index contributed by atoms with van der Waals surface area (Å²) in [5.41, 5.74) is -0.420. The van der Waals surface area contributed by atoms with Gasteiger partial charge in [-0.3, -0.25) is 9.89 Å². The summed E-state index contributed by atoms with van der Waals surface area (Å²) in [5, 5.41) is 2.97. The lowest BCUT2D eigenvalue weighted by Gasteiger charge is -2.08. The maximum atomic E-state index is 12.9. The summed E-state index contributed by atoms with van der Waals surface area (Å²) in [6.45, 7) is 0. The van der Waals surface area contributed by atoms with E-state index < -0.39 is 29.0 Å². The molecule has 172 valence electrons. The van der Waals surface area contributed by atoms with Crippen LogP contribution in [-0.4, -0.2) is 19.6 Å². The predicted molar refractivity (Wildman–Crippen MR) is 112 cm³/mol. The normalized spacial score (nSPS) is 12.5. The zero-order valence-electron chi connectivity index (χ0n) is 16.9. The Hall–Kier alpha value is -4.15. The van der Waals surface area contributed by atoms with Crippen LogP contribution in [0.15, 0.2) is 71.5 Å². The maximum absolute atomic E-state index is 12.9. The number of benzene rings is 3. The molecule has 5 nitrogen and oxygen atoms in total. The lowest BCUT2D eigenvalue weighted by atomic mass is 10.0. The van der Waals surface area contributed by atoms with Crippen molar-refractivity contribution in [2.45, 2.75) is 12.4 Å². The average Bonchev–Trinajstić information content (AvgIpc) is 3.22. The molecule has 5 aromatic rings. The SMILES string of the molecule is O=c1c2ccc(-c3ccc(C(F)(F)F)cc3)cc2nc2nc(-c3ccc(C(F)(F)F)cc3)[nH]n12. The summed E-state index contributed by atoms with van der Waals surface area (Å²) in [5.74, 6) is 0.147. The van der Waals surface area contributed by atoms with Gasteiger partial charge < -0.3 is 0 Å². The largest absolute Gasteiger partial charge is 0.416 e. The first-order valence-electron chi connectivity index (χ1n) is 9.78. The minimum absolute atomic E-state index is 0.00281. The molecular formula is C23H12F6N4O. The highest BCUT2D eigenvalue weighted by Gasteiger charge is 2.31. The van der Waals surface area contributed by atoms with Gasteiger partial charge in [0.25, 0.3) is 11.3 Å². The van der Waals surface area contributed by atoms with E-state index in [1.54, 1.807) is 12.1 Å². The highest BCUT2D eigenvalue weighted by molar-refractivity contribution is 5.84. The fraction of sp³-hybridized carbons (Fsp3) is 0.0870. The number of H-pyrrole nitrogens is 1. The Morgan fingerprint density at radius 3 is 1.76 bits per heavy atom. The number of rotatable bonds is 2. The van der Waals surface area contributed by atoms with Crippen molar-refractivity contribution in [1.29, 1.82) is 0 Å². The van der Waals surface area contributed by atoms with Gasteiger partial charge in [0, 0.05) is 5.56 Å². The van der Waals surface area contributed by atoms with Crippen LogP contribution in [-0.2, 0) is 12.4 Å². The lowest BCUT2D eigenvalue weighted by molar-refractivity contribution is -0.138. The van der Waals surface area contributed by atoms with Crippen LogP contribution in [0.5, 0.6) is 0 Å². The third-order valence-corrected chi connectivity index (χ3v) is 5.31. The molecule has 11 heteroatoms. The second kappa shape index (κ2) is 7.44. The summed E-state index contributed by atoms with van der Waals surface area (Å²) in [6.07, 6.45) is -8.93. The van der Waals surface area contributed by atoms with Gasteiger partial charge in [-0.1, -0.05) is 30.3 Å². The number of alkyl halides is 6. The van der Waals surface area contributed by atoms with E-state index in [1.165, 1.54) is 30.3 Å². The molecule has 0 aliphatic heterocycles. The van der Waals surface area contributed by atoms with Crippen LogP contribution in [0.2, 0.25) is 0 Å². The number of halogens is 6. The zero-order chi connectivity index (χ0) is 24.3. The first-order chi connectivity index (χ1) is 16.0. The quantitative estimate of drug-likeness (QED) is 0.322. The number of fused-ring (bicyclic) bond motifs is 2. The van der Waals surface area contributed by atoms with E-state index in [1.807, 2.05) is 0 Å². The zero-order valence-corrected chi connectivity index (χ0v) is 16.9. The summed E-state index contributed by atoms with van der Waals surface area (Å²) in [6, 6.07) is 13.5. The van der Waals surface area contributed by atoms with Crippen LogP contribution in [0.1, 0.15) is 11.1 Å². The number of aromatic amines is 1. The molecule has 0 unspecified atom stereocenters. The van der Waals surface area contributed by atoms with Gasteiger partial charge in [-0.25, -0.2) is 4.98 Å². The van der Waals surface area contributed by atoms with Crippen molar-refractivity contribution >= 4 is 16.7 Å². The van der Waals surface area contributed by atoms with Gasteiger partial charge in [0.15, 0.2) is 5.82 Å². The number of aromatic nitrogens is 4. The van der Waals surface area contributed by atoms with Crippen LogP contribution in [0.25, 0.3) is 39.2 Å². The molecule has 0 radical (unpaired) electrons. The molecule has 0 fully saturated rings. The topological polar surface area (TPSA) is 63.0 Å². The molecule has 1 N–H and O–H groups in total. The average molecular weight is 474 g/mol. The molecule has 2 heterocycles. The van der Waals surface area contributed by atoms with E-state index in [0.29, 0.717) is 16.7 Å². The summed E-state index contributed by atoms with van der Waals surface area (Å²) >= 11 is 0. The third kappa shape index (κ3) is 3.78. The van der Waals surface area contributed by atoms with Crippen molar-refractivity contribution in [2.75, 3.05) is 0 Å². The molecule has 34 heavy (non-hydrogen) atoms. The van der Waals surface area contributed by atoms with Gasteiger partial charge in [0.1, 0.15) is 0 Å². The number of hydrogen-bond acceptors (Lipinski definition) is 3. The number of nitrogens with zero attached hydrogens (tertiary/aromatic N) is 3. The van der Waals surface area contributed by atoms with Crippen LogP contribution >= 0.6 is 0 Å². The molecule has 3 aromatic carbocycles. The van der Waals surface area contributed by atoms with E-state index in [9.17, 15) is 31.1 Å². The molecule has 0 aliphatic rings. The Morgan fingerprint density at radius 2 is 1.21 bits per heavy atom. The highest BCUT2D eigenvalue weighted by Crippen LogP contribution is 2.32. The number of hydrogen-bond donors (Lipinski definition) is 1. The van der Waals surface area contributed by atoms with E-state index in [0.717, 1.165) is 28.8 Å². The molecule has 0 amide bonds. The van der Waals surface area contributed by atoms with Gasteiger partial charge in [-0.05, 0) is 47.5 Å². The van der Waals surface area contributed by atoms with Gasteiger partial charge in [0.05, 0.1) is 22.0 Å². The second-order valence-electron chi connectivity index (χ2n) is 7.51. The molecule has 0 aliphatic carbocycles. The molecule has 0 atom stereocenters. The smallest absolute Gasteiger partial charge is 0.271 e. The minimum Gasteiger partial charge on any atom is -0.271 e. The van der Waals surface area contributed by atoms with E-state index in [4.69, 9.17) is 0 Å². The molecular weight excluding hydrogens is 462 g/mol. The van der Waals surface area contributed by atoms with E-state index >= 15 is 0 Å². The molecule has 0 saturated heterocycles. The Balaban J connectivity index is 1.56. The van der Waals surface area contributed by atoms with E-state index in [2.05, 4.69) is 15.1 Å². The standard InChI is InChI=1S/C23H12F6N4O/c24-22(25,26)15-6-1-12(2-7-15)14-5-10-17-18(11-14)30-21-31-19(32-33(21)20(17)34)13-3-8-16(9-4-13)23(27,28)29/h1-11H,(H,30,31,32). The van der Waals surface area contributed by atoms with Crippen LogP contribution < -0.4 is 5.56 Å². The first kappa shape index (κ1) is 21.7. The third-order valence-electron chi connectivity index (χ3n) is 5.31. The van der Waals surface area contributed by atoms with Crippen LogP contribution in [0, 0.1) is 0 Å². The molecule has 0 spiro atoms. The Bertz CT molecular complexity index is 1580. The molecule has 0 bridgehead atoms. The van der Waals surface area contributed by atoms with Crippen molar-refractivity contribution in [1.82, 2.24) is 19.6 Å². The minimum atomic E-state index is -4.48. The van der Waals surface area contributed by atoms with Gasteiger partial charge in [0.2, 0.25) is 0 Å². The Kier molecular flexibility index (Phi) is 4.74. The number of nitrogens with one attached hydrogen (secondary N) is 1. The van der Waals surface area contributed by atoms with Crippen molar-refractivity contribution in [2.24, 2.45) is 0 Å².